The normalized spacial score (nSPS) is 20.2. The van der Waals surface area contributed by atoms with E-state index in [1.807, 2.05) is 13.0 Å². The Morgan fingerprint density at radius 3 is 2.95 bits per heavy atom. The van der Waals surface area contributed by atoms with Crippen LogP contribution in [0.1, 0.15) is 35.2 Å². The lowest BCUT2D eigenvalue weighted by Crippen LogP contribution is -2.40. The Morgan fingerprint density at radius 2 is 2.26 bits per heavy atom. The second-order valence-corrected chi connectivity index (χ2v) is 5.25. The first-order valence-corrected chi connectivity index (χ1v) is 6.75. The van der Waals surface area contributed by atoms with Crippen molar-refractivity contribution in [2.45, 2.75) is 32.2 Å². The van der Waals surface area contributed by atoms with Gasteiger partial charge in [0.15, 0.2) is 0 Å². The highest BCUT2D eigenvalue weighted by molar-refractivity contribution is 5.91. The summed E-state index contributed by atoms with van der Waals surface area (Å²) in [7, 11) is 2.10. The molecular formula is C15H21NO3. The Morgan fingerprint density at radius 1 is 1.47 bits per heavy atom. The number of hydrogen-bond acceptors (Lipinski definition) is 3. The van der Waals surface area contributed by atoms with Crippen LogP contribution in [0.5, 0.6) is 5.75 Å². The highest BCUT2D eigenvalue weighted by Crippen LogP contribution is 2.22. The van der Waals surface area contributed by atoms with Crippen molar-refractivity contribution in [1.82, 2.24) is 4.90 Å². The molecule has 19 heavy (non-hydrogen) atoms. The van der Waals surface area contributed by atoms with Crippen LogP contribution in [0.25, 0.3) is 0 Å². The molecule has 0 aromatic heterocycles. The highest BCUT2D eigenvalue weighted by Gasteiger charge is 2.20. The predicted octanol–water partition coefficient (Wildman–Crippen LogP) is 2.56. The molecule has 1 aliphatic heterocycles. The number of benzene rings is 1. The van der Waals surface area contributed by atoms with Crippen LogP contribution in [0, 0.1) is 6.92 Å². The fourth-order valence-corrected chi connectivity index (χ4v) is 2.48. The molecule has 1 aliphatic rings. The maximum absolute atomic E-state index is 11.2. The number of aryl methyl sites for hydroxylation is 1. The van der Waals surface area contributed by atoms with Crippen molar-refractivity contribution in [1.29, 1.82) is 0 Å². The molecule has 1 saturated heterocycles. The van der Waals surface area contributed by atoms with Crippen molar-refractivity contribution in [3.63, 3.8) is 0 Å². The molecule has 0 spiro atoms. The second-order valence-electron chi connectivity index (χ2n) is 5.25. The number of likely N-dealkylation sites (tertiary alicyclic amines) is 1. The van der Waals surface area contributed by atoms with Crippen molar-refractivity contribution in [3.8, 4) is 5.75 Å². The van der Waals surface area contributed by atoms with E-state index >= 15 is 0 Å². The molecule has 2 rings (SSSR count). The minimum absolute atomic E-state index is 0.249. The topological polar surface area (TPSA) is 49.8 Å². The van der Waals surface area contributed by atoms with Crippen LogP contribution in [0.4, 0.5) is 0 Å². The molecule has 1 atom stereocenters. The lowest BCUT2D eigenvalue weighted by atomic mass is 10.0. The Bertz CT molecular complexity index is 459. The summed E-state index contributed by atoms with van der Waals surface area (Å²) in [5.74, 6) is -0.465. The Hall–Kier alpha value is -1.55. The number of ether oxygens (including phenoxy) is 1. The van der Waals surface area contributed by atoms with Crippen LogP contribution in [0.15, 0.2) is 18.2 Å². The zero-order valence-electron chi connectivity index (χ0n) is 11.6. The molecule has 1 unspecified atom stereocenters. The monoisotopic (exact) mass is 263 g/mol. The third-order valence-corrected chi connectivity index (χ3v) is 3.72. The van der Waals surface area contributed by atoms with Crippen molar-refractivity contribution >= 4 is 5.97 Å². The summed E-state index contributed by atoms with van der Waals surface area (Å²) < 4.78 is 5.74. The molecule has 1 aromatic rings. The van der Waals surface area contributed by atoms with Gasteiger partial charge in [0.05, 0.1) is 0 Å². The van der Waals surface area contributed by atoms with Crippen LogP contribution in [-0.2, 0) is 0 Å². The SMILES string of the molecule is Cc1ccc(OCC2CCCCN2C)c(C(=O)O)c1. The number of piperidine rings is 1. The lowest BCUT2D eigenvalue weighted by molar-refractivity contribution is 0.0687. The third-order valence-electron chi connectivity index (χ3n) is 3.72. The number of carboxylic acid groups (broad SMARTS) is 1. The van der Waals surface area contributed by atoms with Gasteiger partial charge in [-0.3, -0.25) is 0 Å². The number of carboxylic acids is 1. The minimum atomic E-state index is -0.935. The maximum Gasteiger partial charge on any atom is 0.339 e. The van der Waals surface area contributed by atoms with Gasteiger partial charge in [-0.05, 0) is 45.5 Å². The first-order valence-electron chi connectivity index (χ1n) is 6.75. The molecule has 0 bridgehead atoms. The molecule has 0 aliphatic carbocycles. The van der Waals surface area contributed by atoms with Gasteiger partial charge < -0.3 is 14.7 Å². The predicted molar refractivity (Wildman–Crippen MR) is 73.9 cm³/mol. The van der Waals surface area contributed by atoms with Gasteiger partial charge in [-0.25, -0.2) is 4.79 Å². The van der Waals surface area contributed by atoms with E-state index in [9.17, 15) is 9.90 Å². The molecule has 104 valence electrons. The molecule has 1 aromatic carbocycles. The van der Waals surface area contributed by atoms with Gasteiger partial charge in [-0.1, -0.05) is 18.1 Å². The van der Waals surface area contributed by atoms with Gasteiger partial charge in [0, 0.05) is 6.04 Å². The first kappa shape index (κ1) is 13.9. The molecule has 1 fully saturated rings. The van der Waals surface area contributed by atoms with Crippen LogP contribution >= 0.6 is 0 Å². The largest absolute Gasteiger partial charge is 0.491 e. The molecule has 0 amide bonds. The second kappa shape index (κ2) is 6.06. The van der Waals surface area contributed by atoms with Crippen molar-refractivity contribution in [3.05, 3.63) is 29.3 Å². The zero-order chi connectivity index (χ0) is 13.8. The van der Waals surface area contributed by atoms with E-state index in [1.54, 1.807) is 12.1 Å². The van der Waals surface area contributed by atoms with Gasteiger partial charge in [0.1, 0.15) is 17.9 Å². The standard InChI is InChI=1S/C15H21NO3/c1-11-6-7-14(13(9-11)15(17)18)19-10-12-5-3-4-8-16(12)2/h6-7,9,12H,3-5,8,10H2,1-2H3,(H,17,18). The fourth-order valence-electron chi connectivity index (χ4n) is 2.48. The van der Waals surface area contributed by atoms with Crippen molar-refractivity contribution in [2.75, 3.05) is 20.2 Å². The first-order chi connectivity index (χ1) is 9.08. The summed E-state index contributed by atoms with van der Waals surface area (Å²) in [6, 6.07) is 5.67. The van der Waals surface area contributed by atoms with E-state index in [0.29, 0.717) is 18.4 Å². The number of carbonyl (C=O) groups is 1. The van der Waals surface area contributed by atoms with E-state index in [2.05, 4.69) is 11.9 Å². The van der Waals surface area contributed by atoms with Gasteiger partial charge in [0.2, 0.25) is 0 Å². The molecule has 1 heterocycles. The van der Waals surface area contributed by atoms with Gasteiger partial charge >= 0.3 is 5.97 Å². The summed E-state index contributed by atoms with van der Waals surface area (Å²) >= 11 is 0. The number of hydrogen-bond donors (Lipinski definition) is 1. The maximum atomic E-state index is 11.2. The summed E-state index contributed by atoms with van der Waals surface area (Å²) in [4.78, 5) is 13.5. The van der Waals surface area contributed by atoms with Gasteiger partial charge in [-0.15, -0.1) is 0 Å². The zero-order valence-corrected chi connectivity index (χ0v) is 11.6. The summed E-state index contributed by atoms with van der Waals surface area (Å²) in [6.45, 7) is 3.53. The summed E-state index contributed by atoms with van der Waals surface area (Å²) in [5.41, 5.74) is 1.18. The van der Waals surface area contributed by atoms with Crippen LogP contribution in [-0.4, -0.2) is 42.2 Å². The third kappa shape index (κ3) is 3.47. The molecule has 4 nitrogen and oxygen atoms in total. The van der Waals surface area contributed by atoms with Gasteiger partial charge in [-0.2, -0.15) is 0 Å². The lowest BCUT2D eigenvalue weighted by Gasteiger charge is -2.32. The van der Waals surface area contributed by atoms with E-state index in [4.69, 9.17) is 4.74 Å². The molecule has 1 N–H and O–H groups in total. The minimum Gasteiger partial charge on any atom is -0.491 e. The van der Waals surface area contributed by atoms with Crippen molar-refractivity contribution < 1.29 is 14.6 Å². The Kier molecular flexibility index (Phi) is 4.43. The average Bonchev–Trinajstić information content (AvgIpc) is 2.38. The van der Waals surface area contributed by atoms with Crippen molar-refractivity contribution in [2.24, 2.45) is 0 Å². The van der Waals surface area contributed by atoms with E-state index in [1.165, 1.54) is 12.8 Å². The average molecular weight is 263 g/mol. The molecule has 4 heteroatoms. The quantitative estimate of drug-likeness (QED) is 0.907. The molecular weight excluding hydrogens is 242 g/mol. The van der Waals surface area contributed by atoms with Crippen LogP contribution < -0.4 is 4.74 Å². The molecule has 0 radical (unpaired) electrons. The fraction of sp³-hybridized carbons (Fsp3) is 0.533. The Balaban J connectivity index is 2.04. The van der Waals surface area contributed by atoms with E-state index in [0.717, 1.165) is 18.5 Å². The number of nitrogens with zero attached hydrogens (tertiary/aromatic N) is 1. The summed E-state index contributed by atoms with van der Waals surface area (Å²) in [5, 5.41) is 9.19. The van der Waals surface area contributed by atoms with Gasteiger partial charge in [0.25, 0.3) is 0 Å². The number of rotatable bonds is 4. The van der Waals surface area contributed by atoms with Crippen LogP contribution in [0.3, 0.4) is 0 Å². The van der Waals surface area contributed by atoms with E-state index in [-0.39, 0.29) is 5.56 Å². The van der Waals surface area contributed by atoms with Crippen LogP contribution in [0.2, 0.25) is 0 Å². The summed E-state index contributed by atoms with van der Waals surface area (Å²) in [6.07, 6.45) is 3.57. The van der Waals surface area contributed by atoms with E-state index < -0.39 is 5.97 Å². The molecule has 0 saturated carbocycles. The number of aromatic carboxylic acids is 1. The number of likely N-dealkylation sites (N-methyl/N-ethyl adjacent to an activating group) is 1. The smallest absolute Gasteiger partial charge is 0.339 e. The Labute approximate surface area is 114 Å². The highest BCUT2D eigenvalue weighted by atomic mass is 16.5.